The molecule has 0 aromatic carbocycles. The molecule has 2 heterocycles. The molecular formula is C14H18N4. The Morgan fingerprint density at radius 2 is 2.22 bits per heavy atom. The summed E-state index contributed by atoms with van der Waals surface area (Å²) < 4.78 is 1.87. The lowest BCUT2D eigenvalue weighted by molar-refractivity contribution is 0.812. The molecule has 0 unspecified atom stereocenters. The van der Waals surface area contributed by atoms with Crippen molar-refractivity contribution in [3.8, 4) is 5.82 Å². The van der Waals surface area contributed by atoms with Gasteiger partial charge in [-0.3, -0.25) is 0 Å². The highest BCUT2D eigenvalue weighted by molar-refractivity contribution is 5.39. The Balaban J connectivity index is 1.81. The van der Waals surface area contributed by atoms with Gasteiger partial charge in [-0.1, -0.05) is 13.0 Å². The van der Waals surface area contributed by atoms with Crippen molar-refractivity contribution in [2.45, 2.75) is 32.1 Å². The van der Waals surface area contributed by atoms with Crippen molar-refractivity contribution in [3.63, 3.8) is 0 Å². The van der Waals surface area contributed by atoms with Crippen LogP contribution in [0.5, 0.6) is 0 Å². The summed E-state index contributed by atoms with van der Waals surface area (Å²) in [5.41, 5.74) is 1.20. The van der Waals surface area contributed by atoms with E-state index in [2.05, 4.69) is 28.4 Å². The molecule has 1 N–H and O–H groups in total. The number of aromatic nitrogens is 3. The summed E-state index contributed by atoms with van der Waals surface area (Å²) in [5.74, 6) is 2.48. The van der Waals surface area contributed by atoms with E-state index in [9.17, 15) is 0 Å². The maximum Gasteiger partial charge on any atom is 0.155 e. The minimum absolute atomic E-state index is 0.688. The minimum Gasteiger partial charge on any atom is -0.370 e. The average Bonchev–Trinajstić information content (AvgIpc) is 3.14. The molecule has 18 heavy (non-hydrogen) atoms. The zero-order valence-corrected chi connectivity index (χ0v) is 10.6. The van der Waals surface area contributed by atoms with E-state index in [0.717, 1.165) is 24.6 Å². The van der Waals surface area contributed by atoms with Crippen LogP contribution >= 0.6 is 0 Å². The predicted molar refractivity (Wildman–Crippen MR) is 72.1 cm³/mol. The number of hydrogen-bond acceptors (Lipinski definition) is 3. The van der Waals surface area contributed by atoms with Gasteiger partial charge >= 0.3 is 0 Å². The van der Waals surface area contributed by atoms with E-state index in [-0.39, 0.29) is 0 Å². The largest absolute Gasteiger partial charge is 0.370 e. The van der Waals surface area contributed by atoms with Crippen molar-refractivity contribution in [2.75, 3.05) is 11.9 Å². The standard InChI is InChI=1S/C14H18N4/c1-2-9-15-13-4-3-5-14(16-13)18-10-8-12(17-18)11-6-7-11/h3-5,8,10-11H,2,6-7,9H2,1H3,(H,15,16). The zero-order valence-electron chi connectivity index (χ0n) is 10.6. The number of anilines is 1. The molecule has 1 fully saturated rings. The Labute approximate surface area is 107 Å². The van der Waals surface area contributed by atoms with Gasteiger partial charge in [0.25, 0.3) is 0 Å². The lowest BCUT2D eigenvalue weighted by Gasteiger charge is -2.06. The van der Waals surface area contributed by atoms with Gasteiger partial charge in [-0.2, -0.15) is 5.10 Å². The molecule has 1 aliphatic carbocycles. The van der Waals surface area contributed by atoms with Gasteiger partial charge in [-0.15, -0.1) is 0 Å². The van der Waals surface area contributed by atoms with Gasteiger partial charge in [0.05, 0.1) is 5.69 Å². The Bertz CT molecular complexity index is 528. The summed E-state index contributed by atoms with van der Waals surface area (Å²) in [6.07, 6.45) is 5.66. The fourth-order valence-corrected chi connectivity index (χ4v) is 1.96. The van der Waals surface area contributed by atoms with E-state index < -0.39 is 0 Å². The third kappa shape index (κ3) is 2.37. The summed E-state index contributed by atoms with van der Waals surface area (Å²) >= 11 is 0. The Morgan fingerprint density at radius 1 is 1.33 bits per heavy atom. The zero-order chi connectivity index (χ0) is 12.4. The molecule has 2 aromatic heterocycles. The summed E-state index contributed by atoms with van der Waals surface area (Å²) in [6, 6.07) is 8.09. The molecule has 4 nitrogen and oxygen atoms in total. The first-order chi connectivity index (χ1) is 8.86. The van der Waals surface area contributed by atoms with Crippen LogP contribution in [0.15, 0.2) is 30.5 Å². The van der Waals surface area contributed by atoms with Gasteiger partial charge in [-0.05, 0) is 37.5 Å². The van der Waals surface area contributed by atoms with Crippen LogP contribution in [0.25, 0.3) is 5.82 Å². The van der Waals surface area contributed by atoms with E-state index >= 15 is 0 Å². The molecule has 94 valence electrons. The molecule has 0 spiro atoms. The SMILES string of the molecule is CCCNc1cccc(-n2ccc(C3CC3)n2)n1. The summed E-state index contributed by atoms with van der Waals surface area (Å²) in [5, 5.41) is 7.88. The van der Waals surface area contributed by atoms with Crippen LogP contribution in [0.1, 0.15) is 37.8 Å². The van der Waals surface area contributed by atoms with E-state index in [1.807, 2.05) is 29.1 Å². The first-order valence-corrected chi connectivity index (χ1v) is 6.63. The van der Waals surface area contributed by atoms with E-state index in [4.69, 9.17) is 0 Å². The first kappa shape index (κ1) is 11.3. The van der Waals surface area contributed by atoms with Gasteiger partial charge in [-0.25, -0.2) is 9.67 Å². The van der Waals surface area contributed by atoms with Crippen LogP contribution in [0.2, 0.25) is 0 Å². The van der Waals surface area contributed by atoms with Crippen molar-refractivity contribution < 1.29 is 0 Å². The molecule has 4 heteroatoms. The van der Waals surface area contributed by atoms with Crippen LogP contribution in [-0.4, -0.2) is 21.3 Å². The molecule has 0 atom stereocenters. The molecular weight excluding hydrogens is 224 g/mol. The number of nitrogens with zero attached hydrogens (tertiary/aromatic N) is 3. The Morgan fingerprint density at radius 3 is 3.00 bits per heavy atom. The molecule has 3 rings (SSSR count). The van der Waals surface area contributed by atoms with Crippen molar-refractivity contribution >= 4 is 5.82 Å². The van der Waals surface area contributed by atoms with Gasteiger partial charge in [0.2, 0.25) is 0 Å². The molecule has 0 aliphatic heterocycles. The maximum absolute atomic E-state index is 4.59. The van der Waals surface area contributed by atoms with Crippen LogP contribution in [0.3, 0.4) is 0 Å². The lowest BCUT2D eigenvalue weighted by atomic mass is 10.3. The van der Waals surface area contributed by atoms with Crippen LogP contribution < -0.4 is 5.32 Å². The summed E-state index contributed by atoms with van der Waals surface area (Å²) in [6.45, 7) is 3.09. The minimum atomic E-state index is 0.688. The molecule has 0 saturated heterocycles. The molecule has 0 radical (unpaired) electrons. The average molecular weight is 242 g/mol. The first-order valence-electron chi connectivity index (χ1n) is 6.63. The number of nitrogens with one attached hydrogen (secondary N) is 1. The fraction of sp³-hybridized carbons (Fsp3) is 0.429. The number of pyridine rings is 1. The van der Waals surface area contributed by atoms with Gasteiger partial charge in [0, 0.05) is 18.7 Å². The van der Waals surface area contributed by atoms with Crippen LogP contribution in [-0.2, 0) is 0 Å². The Kier molecular flexibility index (Phi) is 3.00. The van der Waals surface area contributed by atoms with Crippen molar-refractivity contribution in [1.82, 2.24) is 14.8 Å². The van der Waals surface area contributed by atoms with E-state index in [0.29, 0.717) is 5.92 Å². The molecule has 2 aromatic rings. The summed E-state index contributed by atoms with van der Waals surface area (Å²) in [4.78, 5) is 4.56. The second-order valence-electron chi connectivity index (χ2n) is 4.77. The van der Waals surface area contributed by atoms with Crippen molar-refractivity contribution in [2.24, 2.45) is 0 Å². The quantitative estimate of drug-likeness (QED) is 0.876. The summed E-state index contributed by atoms with van der Waals surface area (Å²) in [7, 11) is 0. The predicted octanol–water partition coefficient (Wildman–Crippen LogP) is 2.97. The topological polar surface area (TPSA) is 42.7 Å². The third-order valence-corrected chi connectivity index (χ3v) is 3.13. The van der Waals surface area contributed by atoms with E-state index in [1.54, 1.807) is 0 Å². The van der Waals surface area contributed by atoms with E-state index in [1.165, 1.54) is 18.5 Å². The van der Waals surface area contributed by atoms with Gasteiger partial charge < -0.3 is 5.32 Å². The molecule has 0 bridgehead atoms. The second kappa shape index (κ2) is 4.80. The van der Waals surface area contributed by atoms with Crippen molar-refractivity contribution in [3.05, 3.63) is 36.2 Å². The van der Waals surface area contributed by atoms with Crippen LogP contribution in [0.4, 0.5) is 5.82 Å². The highest BCUT2D eigenvalue weighted by Crippen LogP contribution is 2.38. The second-order valence-corrected chi connectivity index (χ2v) is 4.77. The van der Waals surface area contributed by atoms with Crippen LogP contribution in [0, 0.1) is 0 Å². The fourth-order valence-electron chi connectivity index (χ4n) is 1.96. The van der Waals surface area contributed by atoms with Gasteiger partial charge in [0.15, 0.2) is 5.82 Å². The highest BCUT2D eigenvalue weighted by atomic mass is 15.3. The highest BCUT2D eigenvalue weighted by Gasteiger charge is 2.25. The third-order valence-electron chi connectivity index (χ3n) is 3.13. The monoisotopic (exact) mass is 242 g/mol. The normalized spacial score (nSPS) is 14.7. The number of hydrogen-bond donors (Lipinski definition) is 1. The maximum atomic E-state index is 4.59. The van der Waals surface area contributed by atoms with Gasteiger partial charge in [0.1, 0.15) is 5.82 Å². The number of rotatable bonds is 5. The smallest absolute Gasteiger partial charge is 0.155 e. The molecule has 1 aliphatic rings. The Hall–Kier alpha value is -1.84. The molecule has 1 saturated carbocycles. The lowest BCUT2D eigenvalue weighted by Crippen LogP contribution is -2.05. The van der Waals surface area contributed by atoms with Crippen molar-refractivity contribution in [1.29, 1.82) is 0 Å². The molecule has 0 amide bonds.